The van der Waals surface area contributed by atoms with E-state index in [1.807, 2.05) is 19.1 Å². The summed E-state index contributed by atoms with van der Waals surface area (Å²) < 4.78 is 50.6. The van der Waals surface area contributed by atoms with Crippen LogP contribution in [0.1, 0.15) is 67.4 Å². The van der Waals surface area contributed by atoms with Crippen LogP contribution in [0.3, 0.4) is 0 Å². The number of sulfonamides is 1. The van der Waals surface area contributed by atoms with Gasteiger partial charge in [0.1, 0.15) is 11.6 Å². The van der Waals surface area contributed by atoms with Crippen LogP contribution in [0.5, 0.6) is 5.75 Å². The summed E-state index contributed by atoms with van der Waals surface area (Å²) in [5, 5.41) is 10.7. The predicted molar refractivity (Wildman–Crippen MR) is 164 cm³/mol. The molecule has 7 nitrogen and oxygen atoms in total. The largest absolute Gasteiger partial charge is 0.490 e. The lowest BCUT2D eigenvalue weighted by Gasteiger charge is -2.47. The van der Waals surface area contributed by atoms with Crippen molar-refractivity contribution in [1.82, 2.24) is 4.72 Å². The number of allylic oxidation sites excluding steroid dienone is 1. The Labute approximate surface area is 257 Å². The third-order valence-corrected chi connectivity index (χ3v) is 13.3. The number of hydrogen-bond donors (Lipinski definition) is 2. The number of anilines is 1. The van der Waals surface area contributed by atoms with Gasteiger partial charge in [0.2, 0.25) is 10.0 Å². The molecule has 6 aliphatic rings. The number of ether oxygens (including phenoxy) is 1. The monoisotopic (exact) mass is 628 g/mol. The number of aliphatic hydroxyl groups excluding tert-OH is 1. The third-order valence-electron chi connectivity index (χ3n) is 11.2. The zero-order chi connectivity index (χ0) is 30.3. The second-order valence-corrected chi connectivity index (χ2v) is 15.9. The number of carbonyl (C=O) groups is 1. The maximum Gasteiger partial charge on any atom is 0.264 e. The normalized spacial score (nSPS) is 34.8. The Kier molecular flexibility index (Phi) is 7.10. The maximum atomic E-state index is 15.3. The summed E-state index contributed by atoms with van der Waals surface area (Å²) in [5.41, 5.74) is 2.97. The Hall–Kier alpha value is -2.62. The molecule has 3 heterocycles. The summed E-state index contributed by atoms with van der Waals surface area (Å²) >= 11 is 6.19. The van der Waals surface area contributed by atoms with E-state index in [2.05, 4.69) is 9.62 Å². The molecule has 7 atom stereocenters. The van der Waals surface area contributed by atoms with Gasteiger partial charge in [-0.2, -0.15) is 0 Å². The molecule has 3 aliphatic heterocycles. The topological polar surface area (TPSA) is 95.9 Å². The van der Waals surface area contributed by atoms with Gasteiger partial charge < -0.3 is 14.7 Å². The van der Waals surface area contributed by atoms with Crippen molar-refractivity contribution in [3.8, 4) is 5.75 Å². The Balaban J connectivity index is 1.32. The molecule has 2 aromatic rings. The molecule has 0 aromatic heterocycles. The van der Waals surface area contributed by atoms with Gasteiger partial charge in [-0.25, -0.2) is 17.5 Å². The molecule has 4 bridgehead atoms. The molecule has 1 saturated carbocycles. The highest BCUT2D eigenvalue weighted by Crippen LogP contribution is 2.49. The van der Waals surface area contributed by atoms with Gasteiger partial charge in [0.25, 0.3) is 5.91 Å². The van der Waals surface area contributed by atoms with Crippen molar-refractivity contribution in [2.45, 2.75) is 69.1 Å². The Morgan fingerprint density at radius 2 is 1.98 bits per heavy atom. The number of halogens is 2. The lowest BCUT2D eigenvalue weighted by molar-refractivity contribution is 0.0309. The summed E-state index contributed by atoms with van der Waals surface area (Å²) in [6.45, 7) is 5.04. The molecule has 0 radical (unpaired) electrons. The highest BCUT2D eigenvalue weighted by atomic mass is 35.5. The Morgan fingerprint density at radius 3 is 2.72 bits per heavy atom. The molecule has 2 N–H and O–H groups in total. The first-order valence-corrected chi connectivity index (χ1v) is 17.3. The standard InChI is InChI=1S/C33H38ClFN2O5S/c1-18-19(2)43(40,41)36-32(39)20-6-10-29-28(14-20)37(15-21-5-7-24(21)31(38)23-12-22(18)13-23)16-33(17-42-29)11-3-4-25-26(33)8-9-27(34)30(25)35/h6,8-10,12,14,18-19,21-22,24,31,38H,3-5,7,11,13,15-17H2,1-2H3,(H,36,39)/t18-,19-,21+,22+,24-,31+,33+/m1/s1. The lowest BCUT2D eigenvalue weighted by atomic mass is 9.64. The fourth-order valence-electron chi connectivity index (χ4n) is 8.07. The van der Waals surface area contributed by atoms with Crippen molar-refractivity contribution in [2.24, 2.45) is 23.7 Å². The molecule has 3 aliphatic carbocycles. The average Bonchev–Trinajstić information content (AvgIpc) is 3.08. The van der Waals surface area contributed by atoms with Gasteiger partial charge in [0.15, 0.2) is 0 Å². The molecule has 1 fully saturated rings. The van der Waals surface area contributed by atoms with Crippen LogP contribution in [0.15, 0.2) is 42.0 Å². The summed E-state index contributed by atoms with van der Waals surface area (Å²) in [6, 6.07) is 8.60. The molecule has 0 saturated heterocycles. The number of rotatable bonds is 0. The summed E-state index contributed by atoms with van der Waals surface area (Å²) in [6.07, 6.45) is 6.25. The summed E-state index contributed by atoms with van der Waals surface area (Å²) in [4.78, 5) is 15.6. The quantitative estimate of drug-likeness (QED) is 0.380. The smallest absolute Gasteiger partial charge is 0.264 e. The minimum absolute atomic E-state index is 0.0338. The average molecular weight is 629 g/mol. The van der Waals surface area contributed by atoms with Crippen LogP contribution in [0.4, 0.5) is 10.1 Å². The van der Waals surface area contributed by atoms with Crippen LogP contribution in [0, 0.1) is 29.5 Å². The number of fused-ring (bicyclic) bond motifs is 6. The maximum absolute atomic E-state index is 15.3. The minimum Gasteiger partial charge on any atom is -0.490 e. The molecular formula is C33H38ClFN2O5S. The second kappa shape index (κ2) is 10.5. The molecule has 2 aromatic carbocycles. The van der Waals surface area contributed by atoms with E-state index in [0.717, 1.165) is 36.8 Å². The van der Waals surface area contributed by atoms with Crippen LogP contribution in [0.2, 0.25) is 5.02 Å². The van der Waals surface area contributed by atoms with Gasteiger partial charge >= 0.3 is 0 Å². The van der Waals surface area contributed by atoms with E-state index >= 15 is 4.39 Å². The first kappa shape index (κ1) is 29.1. The number of aliphatic hydroxyl groups is 1. The number of benzene rings is 2. The van der Waals surface area contributed by atoms with Crippen molar-refractivity contribution < 1.29 is 27.4 Å². The first-order chi connectivity index (χ1) is 20.5. The van der Waals surface area contributed by atoms with E-state index in [1.165, 1.54) is 0 Å². The zero-order valence-corrected chi connectivity index (χ0v) is 26.1. The molecular weight excluding hydrogens is 591 g/mol. The van der Waals surface area contributed by atoms with Crippen LogP contribution in [-0.4, -0.2) is 50.5 Å². The molecule has 1 spiro atoms. The van der Waals surface area contributed by atoms with Gasteiger partial charge in [0, 0.05) is 24.1 Å². The van der Waals surface area contributed by atoms with Gasteiger partial charge in [-0.15, -0.1) is 0 Å². The van der Waals surface area contributed by atoms with E-state index in [-0.39, 0.29) is 40.1 Å². The fraction of sp³-hybridized carbons (Fsp3) is 0.545. The van der Waals surface area contributed by atoms with E-state index in [4.69, 9.17) is 16.3 Å². The molecule has 0 unspecified atom stereocenters. The minimum atomic E-state index is -3.95. The number of carbonyl (C=O) groups excluding carboxylic acids is 1. The van der Waals surface area contributed by atoms with Crippen LogP contribution >= 0.6 is 11.6 Å². The molecule has 8 rings (SSSR count). The summed E-state index contributed by atoms with van der Waals surface area (Å²) in [5.74, 6) is -0.295. The van der Waals surface area contributed by atoms with E-state index in [0.29, 0.717) is 49.5 Å². The molecule has 230 valence electrons. The first-order valence-electron chi connectivity index (χ1n) is 15.4. The molecule has 1 amide bonds. The van der Waals surface area contributed by atoms with Crippen molar-refractivity contribution in [3.63, 3.8) is 0 Å². The lowest BCUT2D eigenvalue weighted by Crippen LogP contribution is -2.50. The highest BCUT2D eigenvalue weighted by Gasteiger charge is 2.47. The van der Waals surface area contributed by atoms with E-state index in [9.17, 15) is 18.3 Å². The Bertz CT molecular complexity index is 1630. The summed E-state index contributed by atoms with van der Waals surface area (Å²) in [7, 11) is -3.95. The van der Waals surface area contributed by atoms with Crippen molar-refractivity contribution in [3.05, 3.63) is 69.5 Å². The number of hydrogen-bond acceptors (Lipinski definition) is 6. The fourth-order valence-corrected chi connectivity index (χ4v) is 9.57. The van der Waals surface area contributed by atoms with Crippen LogP contribution in [-0.2, 0) is 21.9 Å². The number of nitrogens with zero attached hydrogens (tertiary/aromatic N) is 1. The Morgan fingerprint density at radius 1 is 1.19 bits per heavy atom. The highest BCUT2D eigenvalue weighted by molar-refractivity contribution is 7.90. The third kappa shape index (κ3) is 4.77. The van der Waals surface area contributed by atoms with Crippen molar-refractivity contribution in [2.75, 3.05) is 24.6 Å². The van der Waals surface area contributed by atoms with Gasteiger partial charge in [0.05, 0.1) is 28.7 Å². The van der Waals surface area contributed by atoms with E-state index < -0.39 is 32.7 Å². The number of amides is 1. The van der Waals surface area contributed by atoms with Crippen LogP contribution < -0.4 is 14.4 Å². The predicted octanol–water partition coefficient (Wildman–Crippen LogP) is 5.38. The van der Waals surface area contributed by atoms with Crippen LogP contribution in [0.25, 0.3) is 0 Å². The zero-order valence-electron chi connectivity index (χ0n) is 24.5. The van der Waals surface area contributed by atoms with Gasteiger partial charge in [-0.3, -0.25) is 4.79 Å². The van der Waals surface area contributed by atoms with Crippen molar-refractivity contribution >= 4 is 33.2 Å². The number of nitrogens with one attached hydrogen (secondary N) is 1. The van der Waals surface area contributed by atoms with Gasteiger partial charge in [-0.05, 0) is 110 Å². The van der Waals surface area contributed by atoms with Gasteiger partial charge in [-0.1, -0.05) is 30.7 Å². The van der Waals surface area contributed by atoms with E-state index in [1.54, 1.807) is 31.2 Å². The second-order valence-electron chi connectivity index (χ2n) is 13.5. The van der Waals surface area contributed by atoms with Crippen molar-refractivity contribution in [1.29, 1.82) is 0 Å². The SMILES string of the molecule is C[C@@H]1[C@@H](C)S(=O)(=O)NC(=O)c2ccc3c(c2)N(C[C@@H]2CC[C@H]2[C@@H](O)C2=C[C@H]1C2)C[C@@]1(CCCc2c1ccc(Cl)c2F)CO3. The molecule has 43 heavy (non-hydrogen) atoms. The molecule has 10 heteroatoms.